The minimum absolute atomic E-state index is 0.00184. The van der Waals surface area contributed by atoms with E-state index in [2.05, 4.69) is 22.3 Å². The van der Waals surface area contributed by atoms with Gasteiger partial charge in [0.25, 0.3) is 0 Å². The van der Waals surface area contributed by atoms with Crippen molar-refractivity contribution in [1.29, 1.82) is 0 Å². The van der Waals surface area contributed by atoms with Crippen LogP contribution in [-0.2, 0) is 9.59 Å². The number of nitrogens with two attached hydrogens (primary N) is 1. The van der Waals surface area contributed by atoms with E-state index in [0.717, 1.165) is 49.2 Å². The Kier molecular flexibility index (Phi) is 6.60. The number of carbonyl (C=O) groups excluding carboxylic acids is 2. The van der Waals surface area contributed by atoms with Gasteiger partial charge in [-0.15, -0.1) is 0 Å². The van der Waals surface area contributed by atoms with Gasteiger partial charge < -0.3 is 11.1 Å². The van der Waals surface area contributed by atoms with Crippen LogP contribution < -0.4 is 11.1 Å². The van der Waals surface area contributed by atoms with Crippen molar-refractivity contribution in [3.8, 4) is 11.1 Å². The zero-order valence-corrected chi connectivity index (χ0v) is 15.6. The number of primary amides is 1. The first-order valence-electron chi connectivity index (χ1n) is 9.56. The fourth-order valence-corrected chi connectivity index (χ4v) is 3.66. The van der Waals surface area contributed by atoms with E-state index in [0.29, 0.717) is 18.9 Å². The third-order valence-corrected chi connectivity index (χ3v) is 5.05. The molecule has 142 valence electrons. The van der Waals surface area contributed by atoms with Gasteiger partial charge >= 0.3 is 0 Å². The summed E-state index contributed by atoms with van der Waals surface area (Å²) in [5.74, 6) is 0.200. The molecule has 0 aliphatic carbocycles. The number of piperidine rings is 1. The van der Waals surface area contributed by atoms with Gasteiger partial charge in [-0.3, -0.25) is 14.5 Å². The van der Waals surface area contributed by atoms with Crippen LogP contribution in [0.4, 0.5) is 5.69 Å². The van der Waals surface area contributed by atoms with Crippen LogP contribution in [0.25, 0.3) is 11.1 Å². The molecule has 1 aliphatic rings. The molecule has 1 atom stereocenters. The normalized spacial score (nSPS) is 17.4. The lowest BCUT2D eigenvalue weighted by Gasteiger charge is -2.32. The molecule has 5 heteroatoms. The second kappa shape index (κ2) is 9.33. The molecule has 2 aromatic carbocycles. The Morgan fingerprint density at radius 2 is 1.74 bits per heavy atom. The molecule has 27 heavy (non-hydrogen) atoms. The predicted molar refractivity (Wildman–Crippen MR) is 108 cm³/mol. The number of anilines is 1. The topological polar surface area (TPSA) is 75.4 Å². The van der Waals surface area contributed by atoms with Crippen molar-refractivity contribution in [2.45, 2.75) is 25.7 Å². The van der Waals surface area contributed by atoms with Crippen LogP contribution in [0.15, 0.2) is 54.6 Å². The second-order valence-corrected chi connectivity index (χ2v) is 7.24. The molecule has 0 aromatic heterocycles. The molecule has 0 spiro atoms. The van der Waals surface area contributed by atoms with Crippen LogP contribution in [0.3, 0.4) is 0 Å². The van der Waals surface area contributed by atoms with Crippen molar-refractivity contribution in [3.05, 3.63) is 54.6 Å². The number of likely N-dealkylation sites (tertiary alicyclic amines) is 1. The monoisotopic (exact) mass is 365 g/mol. The van der Waals surface area contributed by atoms with Gasteiger partial charge in [0.1, 0.15) is 0 Å². The zero-order valence-electron chi connectivity index (χ0n) is 15.6. The quantitative estimate of drug-likeness (QED) is 0.791. The lowest BCUT2D eigenvalue weighted by atomic mass is 9.93. The van der Waals surface area contributed by atoms with Gasteiger partial charge in [-0.25, -0.2) is 0 Å². The van der Waals surface area contributed by atoms with Crippen molar-refractivity contribution >= 4 is 17.5 Å². The average Bonchev–Trinajstić information content (AvgIpc) is 2.68. The van der Waals surface area contributed by atoms with E-state index in [1.807, 2.05) is 42.5 Å². The highest BCUT2D eigenvalue weighted by atomic mass is 16.2. The van der Waals surface area contributed by atoms with E-state index in [-0.39, 0.29) is 11.8 Å². The van der Waals surface area contributed by atoms with E-state index in [1.165, 1.54) is 0 Å². The molecule has 0 saturated carbocycles. The summed E-state index contributed by atoms with van der Waals surface area (Å²) in [6.07, 6.45) is 3.40. The molecule has 3 rings (SSSR count). The van der Waals surface area contributed by atoms with Crippen LogP contribution in [0.1, 0.15) is 25.7 Å². The van der Waals surface area contributed by atoms with E-state index >= 15 is 0 Å². The Morgan fingerprint density at radius 1 is 1.04 bits per heavy atom. The molecular formula is C22H27N3O2. The van der Waals surface area contributed by atoms with Crippen LogP contribution in [0.2, 0.25) is 0 Å². The van der Waals surface area contributed by atoms with Gasteiger partial charge in [-0.1, -0.05) is 42.5 Å². The number of benzene rings is 2. The average molecular weight is 365 g/mol. The summed E-state index contributed by atoms with van der Waals surface area (Å²) in [6, 6.07) is 18.1. The molecule has 1 saturated heterocycles. The Bertz CT molecular complexity index is 759. The molecule has 1 heterocycles. The highest BCUT2D eigenvalue weighted by molar-refractivity contribution is 5.92. The van der Waals surface area contributed by atoms with E-state index in [1.54, 1.807) is 0 Å². The zero-order chi connectivity index (χ0) is 19.1. The molecule has 2 aromatic rings. The third-order valence-electron chi connectivity index (χ3n) is 5.05. The number of rotatable bonds is 7. The summed E-state index contributed by atoms with van der Waals surface area (Å²) in [6.45, 7) is 2.16. The SMILES string of the molecule is NC(=O)CCC1CCCN(CC(=O)Nc2ccc(-c3ccccc3)cc2)C1. The van der Waals surface area contributed by atoms with Gasteiger partial charge in [0, 0.05) is 18.7 Å². The second-order valence-electron chi connectivity index (χ2n) is 7.24. The first-order valence-corrected chi connectivity index (χ1v) is 9.56. The van der Waals surface area contributed by atoms with Gasteiger partial charge in [0.15, 0.2) is 0 Å². The van der Waals surface area contributed by atoms with Gasteiger partial charge in [0.05, 0.1) is 6.54 Å². The van der Waals surface area contributed by atoms with Crippen molar-refractivity contribution < 1.29 is 9.59 Å². The van der Waals surface area contributed by atoms with Crippen molar-refractivity contribution in [2.24, 2.45) is 11.7 Å². The molecule has 5 nitrogen and oxygen atoms in total. The number of hydrogen-bond acceptors (Lipinski definition) is 3. The highest BCUT2D eigenvalue weighted by Crippen LogP contribution is 2.22. The Hall–Kier alpha value is -2.66. The molecule has 1 unspecified atom stereocenters. The highest BCUT2D eigenvalue weighted by Gasteiger charge is 2.21. The first kappa shape index (κ1) is 19.1. The number of hydrogen-bond donors (Lipinski definition) is 2. The summed E-state index contributed by atoms with van der Waals surface area (Å²) >= 11 is 0. The van der Waals surface area contributed by atoms with Crippen LogP contribution in [-0.4, -0.2) is 36.3 Å². The summed E-state index contributed by atoms with van der Waals surface area (Å²) in [4.78, 5) is 25.5. The largest absolute Gasteiger partial charge is 0.370 e. The lowest BCUT2D eigenvalue weighted by Crippen LogP contribution is -2.40. The van der Waals surface area contributed by atoms with Crippen LogP contribution in [0, 0.1) is 5.92 Å². The van der Waals surface area contributed by atoms with Gasteiger partial charge in [0.2, 0.25) is 11.8 Å². The number of carbonyl (C=O) groups is 2. The number of amides is 2. The van der Waals surface area contributed by atoms with Crippen molar-refractivity contribution in [3.63, 3.8) is 0 Å². The van der Waals surface area contributed by atoms with Gasteiger partial charge in [-0.2, -0.15) is 0 Å². The number of nitrogens with one attached hydrogen (secondary N) is 1. The first-order chi connectivity index (χ1) is 13.1. The van der Waals surface area contributed by atoms with Crippen LogP contribution >= 0.6 is 0 Å². The van der Waals surface area contributed by atoms with Gasteiger partial charge in [-0.05, 0) is 55.0 Å². The summed E-state index contributed by atoms with van der Waals surface area (Å²) in [5, 5.41) is 2.98. The summed E-state index contributed by atoms with van der Waals surface area (Å²) < 4.78 is 0. The maximum Gasteiger partial charge on any atom is 0.238 e. The molecule has 1 aliphatic heterocycles. The number of nitrogens with zero attached hydrogens (tertiary/aromatic N) is 1. The third kappa shape index (κ3) is 5.93. The fraction of sp³-hybridized carbons (Fsp3) is 0.364. The molecule has 3 N–H and O–H groups in total. The van der Waals surface area contributed by atoms with Crippen LogP contribution in [0.5, 0.6) is 0 Å². The van der Waals surface area contributed by atoms with E-state index in [9.17, 15) is 9.59 Å². The predicted octanol–water partition coefficient (Wildman–Crippen LogP) is 3.27. The minimum atomic E-state index is -0.246. The van der Waals surface area contributed by atoms with Crippen molar-refractivity contribution in [2.75, 3.05) is 25.0 Å². The summed E-state index contributed by atoms with van der Waals surface area (Å²) in [5.41, 5.74) is 8.33. The Balaban J connectivity index is 1.49. The standard InChI is InChI=1S/C22H27N3O2/c23-21(26)13-8-17-5-4-14-25(15-17)16-22(27)24-20-11-9-19(10-12-20)18-6-2-1-3-7-18/h1-3,6-7,9-12,17H,4-5,8,13-16H2,(H2,23,26)(H,24,27). The Morgan fingerprint density at radius 3 is 2.44 bits per heavy atom. The molecular weight excluding hydrogens is 338 g/mol. The molecule has 2 amide bonds. The lowest BCUT2D eigenvalue weighted by molar-refractivity contribution is -0.119. The maximum absolute atomic E-state index is 12.4. The molecule has 1 fully saturated rings. The fourth-order valence-electron chi connectivity index (χ4n) is 3.66. The molecule has 0 bridgehead atoms. The minimum Gasteiger partial charge on any atom is -0.370 e. The van der Waals surface area contributed by atoms with E-state index < -0.39 is 0 Å². The maximum atomic E-state index is 12.4. The molecule has 0 radical (unpaired) electrons. The van der Waals surface area contributed by atoms with E-state index in [4.69, 9.17) is 5.73 Å². The smallest absolute Gasteiger partial charge is 0.238 e. The summed E-state index contributed by atoms with van der Waals surface area (Å²) in [7, 11) is 0. The Labute approximate surface area is 160 Å². The van der Waals surface area contributed by atoms with Crippen molar-refractivity contribution in [1.82, 2.24) is 4.90 Å².